The lowest BCUT2D eigenvalue weighted by Gasteiger charge is -2.29. The number of rotatable bonds is 40. The number of nitrogens with zero attached hydrogens (tertiary/aromatic N) is 1. The number of aliphatic hydroxyl groups is 1. The second kappa shape index (κ2) is 37.3. The lowest BCUT2D eigenvalue weighted by molar-refractivity contribution is -0.870. The minimum Gasteiger partial charge on any atom is -0.756 e. The minimum atomic E-state index is -4.59. The van der Waals surface area contributed by atoms with Crippen LogP contribution in [-0.4, -0.2) is 68.5 Å². The maximum absolute atomic E-state index is 12.8. The molecule has 0 radical (unpaired) electrons. The number of phosphoric ester groups is 1. The first-order valence-corrected chi connectivity index (χ1v) is 23.8. The minimum absolute atomic E-state index is 0.00417. The second-order valence-corrected chi connectivity index (χ2v) is 17.8. The summed E-state index contributed by atoms with van der Waals surface area (Å²) >= 11 is 0. The van der Waals surface area contributed by atoms with Crippen molar-refractivity contribution in [2.75, 3.05) is 40.9 Å². The van der Waals surface area contributed by atoms with Gasteiger partial charge in [-0.2, -0.15) is 0 Å². The maximum Gasteiger partial charge on any atom is 0.268 e. The van der Waals surface area contributed by atoms with Crippen molar-refractivity contribution in [1.82, 2.24) is 5.32 Å². The molecule has 8 nitrogen and oxygen atoms in total. The number of likely N-dealkylation sites (N-methyl/N-ethyl adjacent to an activating group) is 1. The summed E-state index contributed by atoms with van der Waals surface area (Å²) in [4.78, 5) is 25.3. The van der Waals surface area contributed by atoms with Gasteiger partial charge in [-0.25, -0.2) is 0 Å². The van der Waals surface area contributed by atoms with Crippen molar-refractivity contribution in [2.24, 2.45) is 0 Å². The zero-order chi connectivity index (χ0) is 40.0. The van der Waals surface area contributed by atoms with Gasteiger partial charge in [0, 0.05) is 6.42 Å². The summed E-state index contributed by atoms with van der Waals surface area (Å²) in [6.45, 7) is 4.57. The number of carbonyl (C=O) groups excluding carboxylic acids is 1. The fourth-order valence-electron chi connectivity index (χ4n) is 6.25. The van der Waals surface area contributed by atoms with E-state index in [0.29, 0.717) is 17.4 Å². The molecule has 54 heavy (non-hydrogen) atoms. The molecule has 9 heteroatoms. The van der Waals surface area contributed by atoms with Gasteiger partial charge < -0.3 is 28.8 Å². The zero-order valence-electron chi connectivity index (χ0n) is 35.9. The number of carbonyl (C=O) groups is 1. The molecule has 0 heterocycles. The van der Waals surface area contributed by atoms with Crippen molar-refractivity contribution in [3.05, 3.63) is 36.5 Å². The first kappa shape index (κ1) is 52.7. The Morgan fingerprint density at radius 1 is 0.648 bits per heavy atom. The molecule has 0 aromatic heterocycles. The molecule has 0 saturated heterocycles. The number of hydrogen-bond donors (Lipinski definition) is 2. The Kier molecular flexibility index (Phi) is 36.4. The van der Waals surface area contributed by atoms with E-state index in [0.717, 1.165) is 70.6 Å². The van der Waals surface area contributed by atoms with E-state index in [4.69, 9.17) is 9.05 Å². The number of aliphatic hydroxyl groups excluding tert-OH is 1. The van der Waals surface area contributed by atoms with E-state index < -0.39 is 20.0 Å². The maximum atomic E-state index is 12.8. The van der Waals surface area contributed by atoms with Crippen LogP contribution in [0.4, 0.5) is 0 Å². The van der Waals surface area contributed by atoms with Crippen molar-refractivity contribution < 1.29 is 32.9 Å². The third kappa shape index (κ3) is 39.0. The molecular weight excluding hydrogens is 695 g/mol. The van der Waals surface area contributed by atoms with Crippen LogP contribution in [0.25, 0.3) is 0 Å². The number of unbranched alkanes of at least 4 members (excludes halogenated alkanes) is 23. The summed E-state index contributed by atoms with van der Waals surface area (Å²) in [6.07, 6.45) is 44.7. The Balaban J connectivity index is 4.41. The van der Waals surface area contributed by atoms with E-state index in [2.05, 4.69) is 43.5 Å². The predicted molar refractivity (Wildman–Crippen MR) is 228 cm³/mol. The molecule has 3 atom stereocenters. The van der Waals surface area contributed by atoms with E-state index >= 15 is 0 Å². The standard InChI is InChI=1S/C45H87N2O6P/c1-6-8-10-12-14-16-18-20-21-22-23-24-25-27-28-30-32-34-36-38-44(48)43(42-53-54(50,51)52-41-40-47(3,4)5)46-45(49)39-37-35-33-31-29-26-19-17-15-13-11-9-7-2/h11,13,17,19,36,38,43-44,48H,6-10,12,14-16,18,20-35,37,39-42H2,1-5H3,(H-,46,49,50,51)/b13-11-,19-17-,38-36+. The monoisotopic (exact) mass is 783 g/mol. The average Bonchev–Trinajstić information content (AvgIpc) is 3.12. The van der Waals surface area contributed by atoms with Crippen molar-refractivity contribution in [3.63, 3.8) is 0 Å². The van der Waals surface area contributed by atoms with Crippen LogP contribution in [0.3, 0.4) is 0 Å². The number of allylic oxidation sites excluding steroid dienone is 5. The van der Waals surface area contributed by atoms with Crippen LogP contribution in [-0.2, 0) is 18.4 Å². The third-order valence-electron chi connectivity index (χ3n) is 9.83. The van der Waals surface area contributed by atoms with Crippen molar-refractivity contribution in [1.29, 1.82) is 0 Å². The molecule has 0 fully saturated rings. The van der Waals surface area contributed by atoms with Gasteiger partial charge in [-0.3, -0.25) is 9.36 Å². The quantitative estimate of drug-likeness (QED) is 0.0277. The number of amides is 1. The molecule has 0 aromatic rings. The van der Waals surface area contributed by atoms with Gasteiger partial charge >= 0.3 is 0 Å². The molecule has 0 bridgehead atoms. The normalized spacial score (nSPS) is 14.7. The van der Waals surface area contributed by atoms with Crippen LogP contribution in [0.2, 0.25) is 0 Å². The van der Waals surface area contributed by atoms with Crippen molar-refractivity contribution in [3.8, 4) is 0 Å². The summed E-state index contributed by atoms with van der Waals surface area (Å²) in [6, 6.07) is -0.892. The smallest absolute Gasteiger partial charge is 0.268 e. The number of nitrogens with one attached hydrogen (secondary N) is 1. The van der Waals surface area contributed by atoms with Gasteiger partial charge in [-0.15, -0.1) is 0 Å². The Morgan fingerprint density at radius 2 is 1.11 bits per heavy atom. The highest BCUT2D eigenvalue weighted by molar-refractivity contribution is 7.45. The lowest BCUT2D eigenvalue weighted by atomic mass is 10.0. The lowest BCUT2D eigenvalue weighted by Crippen LogP contribution is -2.45. The van der Waals surface area contributed by atoms with E-state index in [1.807, 2.05) is 27.2 Å². The highest BCUT2D eigenvalue weighted by atomic mass is 31.2. The predicted octanol–water partition coefficient (Wildman–Crippen LogP) is 11.7. The molecule has 0 aliphatic heterocycles. The van der Waals surface area contributed by atoms with E-state index in [1.54, 1.807) is 6.08 Å². The molecule has 0 spiro atoms. The highest BCUT2D eigenvalue weighted by Crippen LogP contribution is 2.38. The Labute approximate surface area is 334 Å². The first-order valence-electron chi connectivity index (χ1n) is 22.4. The van der Waals surface area contributed by atoms with Gasteiger partial charge in [0.05, 0.1) is 39.9 Å². The molecule has 2 N–H and O–H groups in total. The summed E-state index contributed by atoms with van der Waals surface area (Å²) in [5.41, 5.74) is 0. The van der Waals surface area contributed by atoms with Crippen LogP contribution in [0.1, 0.15) is 194 Å². The Bertz CT molecular complexity index is 980. The fourth-order valence-corrected chi connectivity index (χ4v) is 6.97. The van der Waals surface area contributed by atoms with Crippen LogP contribution in [0.5, 0.6) is 0 Å². The van der Waals surface area contributed by atoms with E-state index in [-0.39, 0.29) is 19.1 Å². The third-order valence-corrected chi connectivity index (χ3v) is 10.8. The molecule has 0 saturated carbocycles. The number of phosphoric acid groups is 1. The number of quaternary nitrogens is 1. The fraction of sp³-hybridized carbons (Fsp3) is 0.844. The van der Waals surface area contributed by atoms with Gasteiger partial charge in [-0.05, 0) is 44.9 Å². The molecule has 0 aromatic carbocycles. The van der Waals surface area contributed by atoms with Crippen molar-refractivity contribution >= 4 is 13.7 Å². The molecule has 3 unspecified atom stereocenters. The zero-order valence-corrected chi connectivity index (χ0v) is 36.8. The second-order valence-electron chi connectivity index (χ2n) is 16.4. The van der Waals surface area contributed by atoms with Crippen LogP contribution in [0.15, 0.2) is 36.5 Å². The van der Waals surface area contributed by atoms with Gasteiger partial charge in [0.1, 0.15) is 13.2 Å². The SMILES string of the molecule is CCC/C=C\C/C=C\CCCCCCCC(=O)NC(COP(=O)([O-])OCC[N+](C)(C)C)C(O)/C=C/CCCCCCCCCCCCCCCCCCC. The summed E-state index contributed by atoms with van der Waals surface area (Å²) in [5, 5.41) is 13.8. The van der Waals surface area contributed by atoms with E-state index in [1.165, 1.54) is 103 Å². The molecule has 0 aliphatic carbocycles. The van der Waals surface area contributed by atoms with Crippen LogP contribution >= 0.6 is 7.82 Å². The summed E-state index contributed by atoms with van der Waals surface area (Å²) in [5.74, 6) is -0.213. The van der Waals surface area contributed by atoms with Crippen molar-refractivity contribution in [2.45, 2.75) is 206 Å². The molecule has 0 rings (SSSR count). The average molecular weight is 783 g/mol. The summed E-state index contributed by atoms with van der Waals surface area (Å²) < 4.78 is 23.2. The molecule has 0 aliphatic rings. The largest absolute Gasteiger partial charge is 0.756 e. The summed E-state index contributed by atoms with van der Waals surface area (Å²) in [7, 11) is 1.25. The first-order chi connectivity index (χ1) is 26.0. The van der Waals surface area contributed by atoms with Crippen LogP contribution < -0.4 is 10.2 Å². The topological polar surface area (TPSA) is 108 Å². The van der Waals surface area contributed by atoms with E-state index in [9.17, 15) is 19.4 Å². The van der Waals surface area contributed by atoms with Gasteiger partial charge in [-0.1, -0.05) is 179 Å². The Morgan fingerprint density at radius 3 is 1.61 bits per heavy atom. The Hall–Kier alpha value is -1.28. The van der Waals surface area contributed by atoms with Crippen LogP contribution in [0, 0.1) is 0 Å². The molecular formula is C45H87N2O6P. The highest BCUT2D eigenvalue weighted by Gasteiger charge is 2.23. The molecule has 1 amide bonds. The van der Waals surface area contributed by atoms with Gasteiger partial charge in [0.15, 0.2) is 0 Å². The number of hydrogen-bond acceptors (Lipinski definition) is 6. The van der Waals surface area contributed by atoms with Gasteiger partial charge in [0.2, 0.25) is 5.91 Å². The molecule has 318 valence electrons. The van der Waals surface area contributed by atoms with Gasteiger partial charge in [0.25, 0.3) is 7.82 Å².